The Hall–Kier alpha value is -2.26. The van der Waals surface area contributed by atoms with Gasteiger partial charge in [0.2, 0.25) is 0 Å². The summed E-state index contributed by atoms with van der Waals surface area (Å²) in [5.41, 5.74) is 1.47. The summed E-state index contributed by atoms with van der Waals surface area (Å²) in [6.07, 6.45) is 1.64. The smallest absolute Gasteiger partial charge is 0.271 e. The molecule has 126 valence electrons. The molecule has 1 amide bonds. The summed E-state index contributed by atoms with van der Waals surface area (Å²) >= 11 is 2.48. The molecule has 2 heterocycles. The number of thiazole rings is 1. The first kappa shape index (κ1) is 16.6. The average Bonchev–Trinajstić information content (AvgIpc) is 3.19. The van der Waals surface area contributed by atoms with Crippen LogP contribution in [-0.2, 0) is 6.42 Å². The highest BCUT2D eigenvalue weighted by molar-refractivity contribution is 7.22. The van der Waals surface area contributed by atoms with Crippen molar-refractivity contribution in [2.45, 2.75) is 19.8 Å². The summed E-state index contributed by atoms with van der Waals surface area (Å²) in [4.78, 5) is 17.4. The Morgan fingerprint density at radius 3 is 2.71 bits per heavy atom. The number of carbonyl (C=O) groups is 1. The van der Waals surface area contributed by atoms with Gasteiger partial charge in [-0.1, -0.05) is 29.2 Å². The lowest BCUT2D eigenvalue weighted by Gasteiger charge is -2.05. The maximum absolute atomic E-state index is 12.4. The van der Waals surface area contributed by atoms with Crippen molar-refractivity contribution in [2.24, 2.45) is 0 Å². The molecule has 24 heavy (non-hydrogen) atoms. The van der Waals surface area contributed by atoms with Crippen LogP contribution >= 0.6 is 22.9 Å². The Kier molecular flexibility index (Phi) is 4.91. The lowest BCUT2D eigenvalue weighted by molar-refractivity contribution is 0.102. The first-order valence-corrected chi connectivity index (χ1v) is 8.90. The molecule has 0 saturated heterocycles. The molecule has 0 aliphatic heterocycles. The Labute approximate surface area is 146 Å². The van der Waals surface area contributed by atoms with E-state index >= 15 is 0 Å². The molecule has 1 aromatic carbocycles. The van der Waals surface area contributed by atoms with Crippen LogP contribution in [0.3, 0.4) is 0 Å². The van der Waals surface area contributed by atoms with Crippen molar-refractivity contribution < 1.29 is 14.3 Å². The molecule has 0 saturated carbocycles. The van der Waals surface area contributed by atoms with Crippen LogP contribution in [0.2, 0.25) is 0 Å². The van der Waals surface area contributed by atoms with Gasteiger partial charge in [0.25, 0.3) is 5.91 Å². The van der Waals surface area contributed by atoms with E-state index in [1.54, 1.807) is 20.3 Å². The number of benzene rings is 1. The molecule has 0 unspecified atom stereocenters. The van der Waals surface area contributed by atoms with E-state index in [0.717, 1.165) is 40.3 Å². The Morgan fingerprint density at radius 1 is 1.25 bits per heavy atom. The van der Waals surface area contributed by atoms with Gasteiger partial charge in [-0.15, -0.1) is 5.10 Å². The number of methoxy groups -OCH3 is 2. The predicted molar refractivity (Wildman–Crippen MR) is 94.6 cm³/mol. The standard InChI is InChI=1S/C15H16N4O3S2/c1-4-5-8-13(24-19-18-8)14(20)17-15-16-9-6-10(21-2)11(22-3)7-12(9)23-15/h6-7H,4-5H2,1-3H3,(H,16,17,20). The molecular weight excluding hydrogens is 348 g/mol. The SMILES string of the molecule is CCCc1nnsc1C(=O)Nc1nc2cc(OC)c(OC)cc2s1. The van der Waals surface area contributed by atoms with E-state index in [-0.39, 0.29) is 5.91 Å². The highest BCUT2D eigenvalue weighted by Crippen LogP contribution is 2.36. The fourth-order valence-electron chi connectivity index (χ4n) is 2.24. The van der Waals surface area contributed by atoms with Crippen molar-refractivity contribution >= 4 is 44.1 Å². The second-order valence-corrected chi connectivity index (χ2v) is 6.73. The normalized spacial score (nSPS) is 10.8. The molecule has 2 aromatic heterocycles. The molecule has 9 heteroatoms. The van der Waals surface area contributed by atoms with Crippen LogP contribution in [0, 0.1) is 0 Å². The third-order valence-corrected chi connectivity index (χ3v) is 5.06. The molecule has 3 rings (SSSR count). The minimum atomic E-state index is -0.230. The van der Waals surface area contributed by atoms with E-state index in [1.165, 1.54) is 11.3 Å². The largest absolute Gasteiger partial charge is 0.493 e. The van der Waals surface area contributed by atoms with E-state index < -0.39 is 0 Å². The minimum absolute atomic E-state index is 0.230. The summed E-state index contributed by atoms with van der Waals surface area (Å²) in [6, 6.07) is 3.63. The first-order chi connectivity index (χ1) is 11.7. The van der Waals surface area contributed by atoms with Crippen molar-refractivity contribution in [2.75, 3.05) is 19.5 Å². The zero-order valence-electron chi connectivity index (χ0n) is 13.5. The number of carbonyl (C=O) groups excluding carboxylic acids is 1. The van der Waals surface area contributed by atoms with Crippen LogP contribution in [0.15, 0.2) is 12.1 Å². The molecule has 0 radical (unpaired) electrons. The van der Waals surface area contributed by atoms with Crippen molar-refractivity contribution in [3.63, 3.8) is 0 Å². The molecule has 0 fully saturated rings. The molecule has 0 spiro atoms. The molecule has 3 aromatic rings. The van der Waals surface area contributed by atoms with Crippen LogP contribution in [0.4, 0.5) is 5.13 Å². The molecular formula is C15H16N4O3S2. The van der Waals surface area contributed by atoms with Crippen LogP contribution in [0.25, 0.3) is 10.2 Å². The number of rotatable bonds is 6. The lowest BCUT2D eigenvalue weighted by atomic mass is 10.2. The Balaban J connectivity index is 1.87. The molecule has 0 aliphatic carbocycles. The van der Waals surface area contributed by atoms with Gasteiger partial charge in [0.15, 0.2) is 16.6 Å². The lowest BCUT2D eigenvalue weighted by Crippen LogP contribution is -2.12. The number of nitrogens with one attached hydrogen (secondary N) is 1. The average molecular weight is 364 g/mol. The number of ether oxygens (including phenoxy) is 2. The monoisotopic (exact) mass is 364 g/mol. The molecule has 0 bridgehead atoms. The summed E-state index contributed by atoms with van der Waals surface area (Å²) < 4.78 is 15.3. The van der Waals surface area contributed by atoms with E-state index in [0.29, 0.717) is 21.5 Å². The number of hydrogen-bond acceptors (Lipinski definition) is 8. The van der Waals surface area contributed by atoms with Crippen LogP contribution in [0.5, 0.6) is 11.5 Å². The van der Waals surface area contributed by atoms with Crippen molar-refractivity contribution in [1.82, 2.24) is 14.6 Å². The highest BCUT2D eigenvalue weighted by atomic mass is 32.1. The van der Waals surface area contributed by atoms with Gasteiger partial charge in [-0.05, 0) is 18.0 Å². The van der Waals surface area contributed by atoms with Gasteiger partial charge >= 0.3 is 0 Å². The zero-order valence-corrected chi connectivity index (χ0v) is 15.1. The van der Waals surface area contributed by atoms with Gasteiger partial charge in [0, 0.05) is 12.1 Å². The summed E-state index contributed by atoms with van der Waals surface area (Å²) in [7, 11) is 3.16. The van der Waals surface area contributed by atoms with Crippen LogP contribution in [0.1, 0.15) is 28.7 Å². The summed E-state index contributed by atoms with van der Waals surface area (Å²) in [5, 5.41) is 7.35. The number of aromatic nitrogens is 3. The van der Waals surface area contributed by atoms with Crippen molar-refractivity contribution in [1.29, 1.82) is 0 Å². The number of aryl methyl sites for hydroxylation is 1. The third kappa shape index (κ3) is 3.17. The Bertz CT molecular complexity index is 834. The zero-order chi connectivity index (χ0) is 17.1. The van der Waals surface area contributed by atoms with Crippen molar-refractivity contribution in [3.05, 3.63) is 22.7 Å². The van der Waals surface area contributed by atoms with Crippen LogP contribution < -0.4 is 14.8 Å². The van der Waals surface area contributed by atoms with Gasteiger partial charge in [0.05, 0.1) is 30.1 Å². The van der Waals surface area contributed by atoms with Gasteiger partial charge in [-0.2, -0.15) is 0 Å². The van der Waals surface area contributed by atoms with E-state index in [2.05, 4.69) is 19.9 Å². The summed E-state index contributed by atoms with van der Waals surface area (Å²) in [6.45, 7) is 2.04. The van der Waals surface area contributed by atoms with Crippen molar-refractivity contribution in [3.8, 4) is 11.5 Å². The molecule has 1 N–H and O–H groups in total. The van der Waals surface area contributed by atoms with Crippen LogP contribution in [-0.4, -0.2) is 34.7 Å². The quantitative estimate of drug-likeness (QED) is 0.722. The first-order valence-electron chi connectivity index (χ1n) is 7.31. The molecule has 0 aliphatic rings. The minimum Gasteiger partial charge on any atom is -0.493 e. The van der Waals surface area contributed by atoms with Gasteiger partial charge < -0.3 is 9.47 Å². The van der Waals surface area contributed by atoms with E-state index in [1.807, 2.05) is 13.0 Å². The number of amides is 1. The van der Waals surface area contributed by atoms with Gasteiger partial charge in [-0.3, -0.25) is 10.1 Å². The topological polar surface area (TPSA) is 86.2 Å². The highest BCUT2D eigenvalue weighted by Gasteiger charge is 2.18. The van der Waals surface area contributed by atoms with Gasteiger partial charge in [-0.25, -0.2) is 4.98 Å². The predicted octanol–water partition coefficient (Wildman–Crippen LogP) is 3.37. The number of hydrogen-bond donors (Lipinski definition) is 1. The summed E-state index contributed by atoms with van der Waals surface area (Å²) in [5.74, 6) is 1.000. The Morgan fingerprint density at radius 2 is 2.00 bits per heavy atom. The number of fused-ring (bicyclic) bond motifs is 1. The maximum atomic E-state index is 12.4. The second kappa shape index (κ2) is 7.10. The second-order valence-electron chi connectivity index (χ2n) is 4.95. The maximum Gasteiger partial charge on any atom is 0.271 e. The number of nitrogens with zero attached hydrogens (tertiary/aromatic N) is 3. The third-order valence-electron chi connectivity index (χ3n) is 3.36. The fourth-order valence-corrected chi connectivity index (χ4v) is 3.72. The van der Waals surface area contributed by atoms with E-state index in [4.69, 9.17) is 9.47 Å². The number of anilines is 1. The molecule has 7 nitrogen and oxygen atoms in total. The molecule has 0 atom stereocenters. The fraction of sp³-hybridized carbons (Fsp3) is 0.333. The van der Waals surface area contributed by atoms with Gasteiger partial charge in [0.1, 0.15) is 4.88 Å². The van der Waals surface area contributed by atoms with E-state index in [9.17, 15) is 4.79 Å².